The van der Waals surface area contributed by atoms with Crippen LogP contribution in [0.3, 0.4) is 0 Å². The second-order valence-corrected chi connectivity index (χ2v) is 9.79. The Labute approximate surface area is 135 Å². The van der Waals surface area contributed by atoms with Crippen molar-refractivity contribution in [2.45, 2.75) is 29.9 Å². The van der Waals surface area contributed by atoms with Crippen LogP contribution in [0.15, 0.2) is 16.3 Å². The maximum absolute atomic E-state index is 12.5. The Morgan fingerprint density at radius 1 is 1.14 bits per heavy atom. The number of halogens is 1. The maximum Gasteiger partial charge on any atom is 0.252 e. The lowest BCUT2D eigenvalue weighted by Crippen LogP contribution is -2.49. The monoisotopic (exact) mass is 348 g/mol. The van der Waals surface area contributed by atoms with E-state index >= 15 is 0 Å². The molecule has 118 valence electrons. The standard InChI is InChI=1S/C14H21ClN2O2S2/c15-13-5-6-14(20-13)21(18,19)17-9-7-16(8-10-17)11-12-3-1-2-4-12/h5-6,12H,1-4,7-11H2. The summed E-state index contributed by atoms with van der Waals surface area (Å²) in [6.45, 7) is 4.00. The van der Waals surface area contributed by atoms with Gasteiger partial charge in [0, 0.05) is 32.7 Å². The Balaban J connectivity index is 1.57. The van der Waals surface area contributed by atoms with Crippen LogP contribution in [0.2, 0.25) is 4.34 Å². The Morgan fingerprint density at radius 2 is 1.81 bits per heavy atom. The average molecular weight is 349 g/mol. The molecule has 0 spiro atoms. The molecule has 0 aromatic carbocycles. The predicted molar refractivity (Wildman–Crippen MR) is 86.5 cm³/mol. The third kappa shape index (κ3) is 3.62. The Morgan fingerprint density at radius 3 is 2.38 bits per heavy atom. The van der Waals surface area contributed by atoms with Crippen LogP contribution in [0.1, 0.15) is 25.7 Å². The summed E-state index contributed by atoms with van der Waals surface area (Å²) in [5.41, 5.74) is 0. The molecular weight excluding hydrogens is 328 g/mol. The van der Waals surface area contributed by atoms with Crippen molar-refractivity contribution in [3.8, 4) is 0 Å². The van der Waals surface area contributed by atoms with E-state index in [1.165, 1.54) is 25.7 Å². The minimum Gasteiger partial charge on any atom is -0.300 e. The van der Waals surface area contributed by atoms with Gasteiger partial charge >= 0.3 is 0 Å². The quantitative estimate of drug-likeness (QED) is 0.840. The van der Waals surface area contributed by atoms with E-state index in [1.54, 1.807) is 16.4 Å². The molecule has 21 heavy (non-hydrogen) atoms. The summed E-state index contributed by atoms with van der Waals surface area (Å²) in [6, 6.07) is 3.25. The highest BCUT2D eigenvalue weighted by atomic mass is 35.5. The number of rotatable bonds is 4. The molecule has 4 nitrogen and oxygen atoms in total. The fourth-order valence-corrected chi connectivity index (χ4v) is 6.33. The van der Waals surface area contributed by atoms with Gasteiger partial charge in [0.2, 0.25) is 0 Å². The van der Waals surface area contributed by atoms with Crippen molar-refractivity contribution in [3.05, 3.63) is 16.5 Å². The number of hydrogen-bond donors (Lipinski definition) is 0. The van der Waals surface area contributed by atoms with Crippen molar-refractivity contribution in [3.63, 3.8) is 0 Å². The van der Waals surface area contributed by atoms with E-state index in [2.05, 4.69) is 4.90 Å². The molecule has 0 radical (unpaired) electrons. The fraction of sp³-hybridized carbons (Fsp3) is 0.714. The van der Waals surface area contributed by atoms with E-state index in [-0.39, 0.29) is 0 Å². The van der Waals surface area contributed by atoms with Crippen LogP contribution in [0.25, 0.3) is 0 Å². The molecule has 1 aromatic rings. The molecule has 1 aromatic heterocycles. The lowest BCUT2D eigenvalue weighted by atomic mass is 10.1. The molecule has 1 aliphatic heterocycles. The number of nitrogens with zero attached hydrogens (tertiary/aromatic N) is 2. The molecule has 1 aliphatic carbocycles. The number of thiophene rings is 1. The summed E-state index contributed by atoms with van der Waals surface area (Å²) >= 11 is 6.99. The van der Waals surface area contributed by atoms with Gasteiger partial charge in [-0.15, -0.1) is 11.3 Å². The van der Waals surface area contributed by atoms with Crippen LogP contribution >= 0.6 is 22.9 Å². The molecule has 7 heteroatoms. The summed E-state index contributed by atoms with van der Waals surface area (Å²) in [4.78, 5) is 2.42. The molecule has 0 unspecified atom stereocenters. The topological polar surface area (TPSA) is 40.6 Å². The summed E-state index contributed by atoms with van der Waals surface area (Å²) in [5, 5.41) is 0. The largest absolute Gasteiger partial charge is 0.300 e. The normalized spacial score (nSPS) is 22.9. The summed E-state index contributed by atoms with van der Waals surface area (Å²) < 4.78 is 27.5. The molecule has 0 amide bonds. The van der Waals surface area contributed by atoms with Gasteiger partial charge in [-0.2, -0.15) is 4.31 Å². The molecule has 0 atom stereocenters. The summed E-state index contributed by atoms with van der Waals surface area (Å²) in [7, 11) is -3.35. The molecule has 0 bridgehead atoms. The van der Waals surface area contributed by atoms with Crippen LogP contribution in [0, 0.1) is 5.92 Å². The van der Waals surface area contributed by atoms with E-state index in [0.717, 1.165) is 36.9 Å². The summed E-state index contributed by atoms with van der Waals surface area (Å²) in [6.07, 6.45) is 5.40. The zero-order chi connectivity index (χ0) is 14.9. The van der Waals surface area contributed by atoms with Gasteiger partial charge in [0.1, 0.15) is 4.21 Å². The first-order chi connectivity index (χ1) is 10.1. The first-order valence-electron chi connectivity index (χ1n) is 7.53. The minimum atomic E-state index is -3.35. The predicted octanol–water partition coefficient (Wildman–Crippen LogP) is 2.90. The van der Waals surface area contributed by atoms with Crippen molar-refractivity contribution in [1.29, 1.82) is 0 Å². The maximum atomic E-state index is 12.5. The molecule has 2 fully saturated rings. The number of sulfonamides is 1. The molecule has 2 heterocycles. The number of hydrogen-bond acceptors (Lipinski definition) is 4. The van der Waals surface area contributed by atoms with Crippen molar-refractivity contribution < 1.29 is 8.42 Å². The Kier molecular flexibility index (Phi) is 4.90. The second kappa shape index (κ2) is 6.54. The third-order valence-corrected chi connectivity index (χ3v) is 8.06. The second-order valence-electron chi connectivity index (χ2n) is 5.91. The van der Waals surface area contributed by atoms with Crippen LogP contribution in [0.4, 0.5) is 0 Å². The van der Waals surface area contributed by atoms with Gasteiger partial charge in [-0.05, 0) is 30.9 Å². The molecule has 1 saturated carbocycles. The third-order valence-electron chi connectivity index (χ3n) is 4.47. The Bertz CT molecular complexity index is 574. The van der Waals surface area contributed by atoms with Gasteiger partial charge in [0.25, 0.3) is 10.0 Å². The zero-order valence-electron chi connectivity index (χ0n) is 12.0. The van der Waals surface area contributed by atoms with Crippen molar-refractivity contribution >= 4 is 33.0 Å². The van der Waals surface area contributed by atoms with E-state index in [4.69, 9.17) is 11.6 Å². The zero-order valence-corrected chi connectivity index (χ0v) is 14.4. The van der Waals surface area contributed by atoms with E-state index in [1.807, 2.05) is 0 Å². The molecule has 0 N–H and O–H groups in total. The summed E-state index contributed by atoms with van der Waals surface area (Å²) in [5.74, 6) is 0.823. The fourth-order valence-electron chi connectivity index (χ4n) is 3.27. The van der Waals surface area contributed by atoms with E-state index in [0.29, 0.717) is 21.6 Å². The average Bonchev–Trinajstić information content (AvgIpc) is 3.11. The lowest BCUT2D eigenvalue weighted by molar-refractivity contribution is 0.165. The molecule has 3 rings (SSSR count). The molecule has 1 saturated heterocycles. The van der Waals surface area contributed by atoms with E-state index < -0.39 is 10.0 Å². The molecule has 2 aliphatic rings. The highest BCUT2D eigenvalue weighted by Gasteiger charge is 2.30. The Hall–Kier alpha value is -0.140. The van der Waals surface area contributed by atoms with Crippen LogP contribution < -0.4 is 0 Å². The number of piperazine rings is 1. The van der Waals surface area contributed by atoms with E-state index in [9.17, 15) is 8.42 Å². The van der Waals surface area contributed by atoms with Gasteiger partial charge in [-0.1, -0.05) is 24.4 Å². The van der Waals surface area contributed by atoms with Crippen molar-refractivity contribution in [2.24, 2.45) is 5.92 Å². The van der Waals surface area contributed by atoms with Gasteiger partial charge in [-0.3, -0.25) is 0 Å². The lowest BCUT2D eigenvalue weighted by Gasteiger charge is -2.34. The van der Waals surface area contributed by atoms with Gasteiger partial charge in [0.05, 0.1) is 4.34 Å². The van der Waals surface area contributed by atoms with Gasteiger partial charge in [0.15, 0.2) is 0 Å². The smallest absolute Gasteiger partial charge is 0.252 e. The minimum absolute atomic E-state index is 0.358. The van der Waals surface area contributed by atoms with Gasteiger partial charge in [-0.25, -0.2) is 8.42 Å². The van der Waals surface area contributed by atoms with Crippen molar-refractivity contribution in [1.82, 2.24) is 9.21 Å². The highest BCUT2D eigenvalue weighted by molar-refractivity contribution is 7.91. The molecular formula is C14H21ClN2O2S2. The first-order valence-corrected chi connectivity index (χ1v) is 10.2. The van der Waals surface area contributed by atoms with Crippen LogP contribution in [-0.2, 0) is 10.0 Å². The van der Waals surface area contributed by atoms with Crippen molar-refractivity contribution in [2.75, 3.05) is 32.7 Å². The first kappa shape index (κ1) is 15.7. The SMILES string of the molecule is O=S(=O)(c1ccc(Cl)s1)N1CCN(CC2CCCC2)CC1. The van der Waals surface area contributed by atoms with Gasteiger partial charge < -0.3 is 4.90 Å². The van der Waals surface area contributed by atoms with Crippen LogP contribution in [-0.4, -0.2) is 50.3 Å². The highest BCUT2D eigenvalue weighted by Crippen LogP contribution is 2.29. The van der Waals surface area contributed by atoms with Crippen LogP contribution in [0.5, 0.6) is 0 Å².